The van der Waals surface area contributed by atoms with E-state index in [1.807, 2.05) is 0 Å². The summed E-state index contributed by atoms with van der Waals surface area (Å²) >= 11 is 0. The van der Waals surface area contributed by atoms with Crippen molar-refractivity contribution in [2.24, 2.45) is 0 Å². The second-order valence-electron chi connectivity index (χ2n) is 6.98. The first-order valence-corrected chi connectivity index (χ1v) is 8.80. The number of ether oxygens (including phenoxy) is 1. The van der Waals surface area contributed by atoms with Crippen molar-refractivity contribution in [3.8, 4) is 0 Å². The number of hydrogen-bond acceptors (Lipinski definition) is 5. The van der Waals surface area contributed by atoms with Gasteiger partial charge in [-0.2, -0.15) is 0 Å². The van der Waals surface area contributed by atoms with Crippen molar-refractivity contribution in [1.82, 2.24) is 10.6 Å². The number of nitro benzene ring substituents is 1. The van der Waals surface area contributed by atoms with Crippen molar-refractivity contribution < 1.29 is 19.2 Å². The van der Waals surface area contributed by atoms with E-state index >= 15 is 0 Å². The van der Waals surface area contributed by atoms with Gasteiger partial charge in [-0.05, 0) is 51.7 Å². The molecule has 0 saturated carbocycles. The highest BCUT2D eigenvalue weighted by Crippen LogP contribution is 2.19. The van der Waals surface area contributed by atoms with Crippen molar-refractivity contribution in [2.45, 2.75) is 45.6 Å². The monoisotopic (exact) mass is 377 g/mol. The third-order valence-corrected chi connectivity index (χ3v) is 3.52. The molecule has 2 N–H and O–H groups in total. The van der Waals surface area contributed by atoms with Crippen LogP contribution in [0.3, 0.4) is 0 Å². The van der Waals surface area contributed by atoms with Gasteiger partial charge in [0.25, 0.3) is 11.6 Å². The Labute approximate surface area is 159 Å². The molecule has 2 amide bonds. The standard InChI is InChI=1S/C19H27N3O5/c1-5-14-13-15(22(25)26)9-10-16(14)17(23)20-11-7-6-8-12-21-18(24)27-19(2,3)4/h5,9-10,13H,1,6-8,11-12H2,2-4H3,(H,20,23)(H,21,24). The largest absolute Gasteiger partial charge is 0.444 e. The van der Waals surface area contributed by atoms with E-state index in [1.54, 1.807) is 20.8 Å². The average Bonchev–Trinajstić information content (AvgIpc) is 2.58. The summed E-state index contributed by atoms with van der Waals surface area (Å²) in [5, 5.41) is 16.3. The van der Waals surface area contributed by atoms with Gasteiger partial charge >= 0.3 is 6.09 Å². The maximum Gasteiger partial charge on any atom is 0.407 e. The van der Waals surface area contributed by atoms with E-state index in [2.05, 4.69) is 17.2 Å². The summed E-state index contributed by atoms with van der Waals surface area (Å²) in [5.41, 5.74) is 0.167. The number of nitrogens with one attached hydrogen (secondary N) is 2. The van der Waals surface area contributed by atoms with Crippen LogP contribution in [0.15, 0.2) is 24.8 Å². The van der Waals surface area contributed by atoms with Crippen molar-refractivity contribution in [3.05, 3.63) is 46.0 Å². The molecule has 1 aromatic rings. The Kier molecular flexibility index (Phi) is 8.44. The fourth-order valence-corrected chi connectivity index (χ4v) is 2.27. The van der Waals surface area contributed by atoms with E-state index in [0.717, 1.165) is 19.3 Å². The quantitative estimate of drug-likeness (QED) is 0.387. The van der Waals surface area contributed by atoms with Gasteiger partial charge in [0.15, 0.2) is 0 Å². The molecule has 0 spiro atoms. The highest BCUT2D eigenvalue weighted by atomic mass is 16.6. The van der Waals surface area contributed by atoms with Gasteiger partial charge in [0.05, 0.1) is 4.92 Å². The summed E-state index contributed by atoms with van der Waals surface area (Å²) in [6.45, 7) is 9.98. The molecule has 0 bridgehead atoms. The summed E-state index contributed by atoms with van der Waals surface area (Å²) in [4.78, 5) is 34.0. The van der Waals surface area contributed by atoms with Crippen LogP contribution < -0.4 is 10.6 Å². The molecule has 0 unspecified atom stereocenters. The lowest BCUT2D eigenvalue weighted by molar-refractivity contribution is -0.384. The molecule has 0 saturated heterocycles. The number of nitro groups is 1. The predicted molar refractivity (Wildman–Crippen MR) is 104 cm³/mol. The number of amides is 2. The van der Waals surface area contributed by atoms with Crippen LogP contribution in [0.2, 0.25) is 0 Å². The number of unbranched alkanes of at least 4 members (excludes halogenated alkanes) is 2. The van der Waals surface area contributed by atoms with Crippen LogP contribution >= 0.6 is 0 Å². The SMILES string of the molecule is C=Cc1cc([N+](=O)[O-])ccc1C(=O)NCCCCCNC(=O)OC(C)(C)C. The number of benzene rings is 1. The minimum absolute atomic E-state index is 0.0843. The minimum atomic E-state index is -0.517. The lowest BCUT2D eigenvalue weighted by atomic mass is 10.1. The lowest BCUT2D eigenvalue weighted by Crippen LogP contribution is -2.33. The molecular formula is C19H27N3O5. The van der Waals surface area contributed by atoms with Gasteiger partial charge in [-0.15, -0.1) is 0 Å². The van der Waals surface area contributed by atoms with Crippen molar-refractivity contribution in [3.63, 3.8) is 0 Å². The number of carbonyl (C=O) groups excluding carboxylic acids is 2. The third-order valence-electron chi connectivity index (χ3n) is 3.52. The summed E-state index contributed by atoms with van der Waals surface area (Å²) in [7, 11) is 0. The maximum absolute atomic E-state index is 12.2. The van der Waals surface area contributed by atoms with Crippen molar-refractivity contribution in [1.29, 1.82) is 0 Å². The molecule has 1 aromatic carbocycles. The average molecular weight is 377 g/mol. The molecular weight excluding hydrogens is 350 g/mol. The van der Waals surface area contributed by atoms with E-state index < -0.39 is 16.6 Å². The summed E-state index contributed by atoms with van der Waals surface area (Å²) in [6.07, 6.45) is 3.32. The molecule has 0 atom stereocenters. The number of rotatable bonds is 9. The van der Waals surface area contributed by atoms with Crippen LogP contribution in [0.1, 0.15) is 56.0 Å². The van der Waals surface area contributed by atoms with Crippen molar-refractivity contribution >= 4 is 23.8 Å². The van der Waals surface area contributed by atoms with E-state index in [9.17, 15) is 19.7 Å². The first kappa shape index (κ1) is 22.1. The topological polar surface area (TPSA) is 111 Å². The van der Waals surface area contributed by atoms with E-state index in [4.69, 9.17) is 4.74 Å². The maximum atomic E-state index is 12.2. The van der Waals surface area contributed by atoms with Crippen LogP contribution in [0, 0.1) is 10.1 Å². The van der Waals surface area contributed by atoms with Crippen LogP contribution in [0.4, 0.5) is 10.5 Å². The van der Waals surface area contributed by atoms with Gasteiger partial charge in [-0.1, -0.05) is 12.7 Å². The second-order valence-corrected chi connectivity index (χ2v) is 6.98. The zero-order valence-corrected chi connectivity index (χ0v) is 16.0. The molecule has 0 aromatic heterocycles. The van der Waals surface area contributed by atoms with Crippen LogP contribution in [-0.2, 0) is 4.74 Å². The van der Waals surface area contributed by atoms with Gasteiger partial charge in [0.2, 0.25) is 0 Å². The van der Waals surface area contributed by atoms with Crippen molar-refractivity contribution in [2.75, 3.05) is 13.1 Å². The molecule has 0 heterocycles. The highest BCUT2D eigenvalue weighted by Gasteiger charge is 2.15. The summed E-state index contributed by atoms with van der Waals surface area (Å²) in [5.74, 6) is -0.299. The summed E-state index contributed by atoms with van der Waals surface area (Å²) < 4.78 is 5.13. The van der Waals surface area contributed by atoms with Gasteiger partial charge < -0.3 is 15.4 Å². The molecule has 27 heavy (non-hydrogen) atoms. The number of carbonyl (C=O) groups is 2. The van der Waals surface area contributed by atoms with E-state index in [-0.39, 0.29) is 11.6 Å². The Morgan fingerprint density at radius 2 is 1.81 bits per heavy atom. The fourth-order valence-electron chi connectivity index (χ4n) is 2.27. The lowest BCUT2D eigenvalue weighted by Gasteiger charge is -2.19. The molecule has 1 rings (SSSR count). The Balaban J connectivity index is 2.31. The number of non-ortho nitro benzene ring substituents is 1. The van der Waals surface area contributed by atoms with Gasteiger partial charge in [-0.3, -0.25) is 14.9 Å². The highest BCUT2D eigenvalue weighted by molar-refractivity contribution is 5.98. The second kappa shape index (κ2) is 10.3. The van der Waals surface area contributed by atoms with Crippen LogP contribution in [0.5, 0.6) is 0 Å². The van der Waals surface area contributed by atoms with E-state index in [1.165, 1.54) is 24.3 Å². The molecule has 148 valence electrons. The Morgan fingerprint density at radius 3 is 2.37 bits per heavy atom. The first-order valence-electron chi connectivity index (χ1n) is 8.80. The van der Waals surface area contributed by atoms with Crippen LogP contribution in [0.25, 0.3) is 6.08 Å². The van der Waals surface area contributed by atoms with Crippen LogP contribution in [-0.4, -0.2) is 35.6 Å². The smallest absolute Gasteiger partial charge is 0.407 e. The number of alkyl carbamates (subject to hydrolysis) is 1. The fraction of sp³-hybridized carbons (Fsp3) is 0.474. The predicted octanol–water partition coefficient (Wildman–Crippen LogP) is 3.66. The first-order chi connectivity index (χ1) is 12.6. The molecule has 0 fully saturated rings. The molecule has 0 aliphatic heterocycles. The Hall–Kier alpha value is -2.90. The molecule has 8 nitrogen and oxygen atoms in total. The van der Waals surface area contributed by atoms with Gasteiger partial charge in [-0.25, -0.2) is 4.79 Å². The Morgan fingerprint density at radius 1 is 1.19 bits per heavy atom. The zero-order valence-electron chi connectivity index (χ0n) is 16.0. The Bertz CT molecular complexity index is 695. The van der Waals surface area contributed by atoms with E-state index in [0.29, 0.717) is 24.2 Å². The zero-order chi connectivity index (χ0) is 20.4. The third kappa shape index (κ3) is 8.35. The molecule has 0 aliphatic carbocycles. The van der Waals surface area contributed by atoms with Gasteiger partial charge in [0.1, 0.15) is 5.60 Å². The number of hydrogen-bond donors (Lipinski definition) is 2. The summed E-state index contributed by atoms with van der Waals surface area (Å²) in [6, 6.07) is 4.05. The minimum Gasteiger partial charge on any atom is -0.444 e. The molecule has 0 radical (unpaired) electrons. The van der Waals surface area contributed by atoms with Gasteiger partial charge in [0, 0.05) is 30.8 Å². The molecule has 0 aliphatic rings. The normalized spacial score (nSPS) is 10.8. The molecule has 8 heteroatoms. The number of nitrogens with zero attached hydrogens (tertiary/aromatic N) is 1.